The Labute approximate surface area is 177 Å². The van der Waals surface area contributed by atoms with Crippen LogP contribution in [0.5, 0.6) is 5.75 Å². The Morgan fingerprint density at radius 1 is 1.17 bits per heavy atom. The van der Waals surface area contributed by atoms with Gasteiger partial charge in [0.15, 0.2) is 0 Å². The molecule has 3 rings (SSSR count). The summed E-state index contributed by atoms with van der Waals surface area (Å²) in [5, 5.41) is 1.21. The minimum atomic E-state index is 0.429. The van der Waals surface area contributed by atoms with Gasteiger partial charge in [-0.1, -0.05) is 32.8 Å². The molecule has 29 heavy (non-hydrogen) atoms. The molecular formula is C25H40N2O2. The monoisotopic (exact) mass is 400 g/mol. The van der Waals surface area contributed by atoms with E-state index in [0.29, 0.717) is 24.3 Å². The lowest BCUT2D eigenvalue weighted by molar-refractivity contribution is 0.188. The number of aromatic nitrogens is 1. The van der Waals surface area contributed by atoms with E-state index >= 15 is 0 Å². The highest BCUT2D eigenvalue weighted by Gasteiger charge is 2.30. The highest BCUT2D eigenvalue weighted by molar-refractivity contribution is 5.83. The van der Waals surface area contributed by atoms with Crippen molar-refractivity contribution in [2.75, 3.05) is 27.9 Å². The van der Waals surface area contributed by atoms with Crippen molar-refractivity contribution in [3.63, 3.8) is 0 Å². The lowest BCUT2D eigenvalue weighted by atomic mass is 9.70. The molecule has 1 saturated carbocycles. The third-order valence-corrected chi connectivity index (χ3v) is 5.61. The molecule has 3 unspecified atom stereocenters. The first-order chi connectivity index (χ1) is 14.2. The van der Waals surface area contributed by atoms with Gasteiger partial charge in [-0.15, -0.1) is 6.58 Å². The van der Waals surface area contributed by atoms with Crippen LogP contribution in [0.3, 0.4) is 0 Å². The fourth-order valence-electron chi connectivity index (χ4n) is 4.27. The average Bonchev–Trinajstić information content (AvgIpc) is 2.77. The molecular weight excluding hydrogens is 360 g/mol. The highest BCUT2D eigenvalue weighted by Crippen LogP contribution is 2.38. The maximum Gasteiger partial charge on any atom is 0.119 e. The number of pyridine rings is 1. The number of methoxy groups -OCH3 is 2. The molecule has 1 aromatic carbocycles. The molecule has 2 aromatic rings. The number of nitrogens with zero attached hydrogens (tertiary/aromatic N) is 1. The molecule has 0 radical (unpaired) electrons. The van der Waals surface area contributed by atoms with Gasteiger partial charge in [-0.3, -0.25) is 4.98 Å². The lowest BCUT2D eigenvalue weighted by Crippen LogP contribution is -2.31. The fraction of sp³-hybridized carbons (Fsp3) is 0.560. The third kappa shape index (κ3) is 7.13. The summed E-state index contributed by atoms with van der Waals surface area (Å²) in [5.74, 6) is 2.64. The minimum absolute atomic E-state index is 0.429. The van der Waals surface area contributed by atoms with E-state index in [1.807, 2.05) is 32.2 Å². The summed E-state index contributed by atoms with van der Waals surface area (Å²) in [4.78, 5) is 4.51. The van der Waals surface area contributed by atoms with Gasteiger partial charge in [0, 0.05) is 25.8 Å². The Kier molecular flexibility index (Phi) is 12.2. The van der Waals surface area contributed by atoms with E-state index in [1.54, 1.807) is 21.3 Å². The van der Waals surface area contributed by atoms with E-state index in [9.17, 15) is 0 Å². The van der Waals surface area contributed by atoms with Crippen molar-refractivity contribution in [1.82, 2.24) is 4.98 Å². The van der Waals surface area contributed by atoms with Crippen molar-refractivity contribution in [2.45, 2.75) is 46.0 Å². The van der Waals surface area contributed by atoms with Crippen molar-refractivity contribution < 1.29 is 9.47 Å². The lowest BCUT2D eigenvalue weighted by Gasteiger charge is -2.36. The van der Waals surface area contributed by atoms with Crippen molar-refractivity contribution in [1.29, 1.82) is 0 Å². The molecule has 0 bridgehead atoms. The van der Waals surface area contributed by atoms with Crippen LogP contribution in [0.25, 0.3) is 10.9 Å². The number of ether oxygens (including phenoxy) is 2. The van der Waals surface area contributed by atoms with E-state index < -0.39 is 0 Å². The van der Waals surface area contributed by atoms with Gasteiger partial charge in [0.2, 0.25) is 0 Å². The zero-order valence-electron chi connectivity index (χ0n) is 19.0. The first kappa shape index (κ1) is 25.1. The molecule has 1 aliphatic carbocycles. The molecule has 1 heterocycles. The van der Waals surface area contributed by atoms with Crippen LogP contribution in [-0.4, -0.2) is 32.9 Å². The normalized spacial score (nSPS) is 19.2. The number of rotatable bonds is 6. The van der Waals surface area contributed by atoms with Crippen LogP contribution < -0.4 is 10.5 Å². The van der Waals surface area contributed by atoms with Gasteiger partial charge < -0.3 is 15.2 Å². The van der Waals surface area contributed by atoms with Crippen molar-refractivity contribution >= 4 is 10.9 Å². The molecule has 4 nitrogen and oxygen atoms in total. The van der Waals surface area contributed by atoms with Crippen LogP contribution in [0.15, 0.2) is 43.1 Å². The van der Waals surface area contributed by atoms with Crippen LogP contribution in [0.2, 0.25) is 0 Å². The summed E-state index contributed by atoms with van der Waals surface area (Å²) in [7, 11) is 4.96. The number of nitrogens with two attached hydrogens (primary N) is 1. The van der Waals surface area contributed by atoms with Gasteiger partial charge >= 0.3 is 0 Å². The van der Waals surface area contributed by atoms with E-state index in [2.05, 4.69) is 34.5 Å². The van der Waals surface area contributed by atoms with Crippen LogP contribution in [0, 0.1) is 17.8 Å². The van der Waals surface area contributed by atoms with E-state index in [4.69, 9.17) is 10.5 Å². The van der Waals surface area contributed by atoms with Gasteiger partial charge in [0.05, 0.1) is 12.6 Å². The Hall–Kier alpha value is -1.91. The number of benzene rings is 1. The predicted molar refractivity (Wildman–Crippen MR) is 124 cm³/mol. The van der Waals surface area contributed by atoms with Crippen LogP contribution >= 0.6 is 0 Å². The maximum atomic E-state index is 6.00. The van der Waals surface area contributed by atoms with E-state index in [0.717, 1.165) is 17.7 Å². The van der Waals surface area contributed by atoms with Crippen molar-refractivity contribution in [2.24, 2.45) is 23.5 Å². The minimum Gasteiger partial charge on any atom is -0.497 e. The molecule has 3 atom stereocenters. The largest absolute Gasteiger partial charge is 0.497 e. The Balaban J connectivity index is 0.000000771. The van der Waals surface area contributed by atoms with Crippen LogP contribution in [-0.2, 0) is 11.2 Å². The molecule has 4 heteroatoms. The summed E-state index contributed by atoms with van der Waals surface area (Å²) in [6.07, 6.45) is 10.3. The quantitative estimate of drug-likeness (QED) is 0.637. The maximum absolute atomic E-state index is 6.00. The Morgan fingerprint density at radius 2 is 1.86 bits per heavy atom. The first-order valence-electron chi connectivity index (χ1n) is 10.8. The van der Waals surface area contributed by atoms with Crippen LogP contribution in [0.4, 0.5) is 0 Å². The molecule has 162 valence electrons. The second-order valence-corrected chi connectivity index (χ2v) is 7.31. The molecule has 1 aliphatic rings. The molecule has 2 N–H and O–H groups in total. The van der Waals surface area contributed by atoms with E-state index in [1.165, 1.54) is 36.6 Å². The second-order valence-electron chi connectivity index (χ2n) is 7.31. The predicted octanol–water partition coefficient (Wildman–Crippen LogP) is 5.64. The Bertz CT molecular complexity index is 717. The Morgan fingerprint density at radius 3 is 2.48 bits per heavy atom. The first-order valence-corrected chi connectivity index (χ1v) is 10.8. The fourth-order valence-corrected chi connectivity index (χ4v) is 4.27. The van der Waals surface area contributed by atoms with Gasteiger partial charge in [-0.05, 0) is 73.4 Å². The SMILES string of the molecule is C=CC(CN)C1CCCCC1Cc1ccnc2ccc(OC)cc12.CC.COC. The zero-order chi connectivity index (χ0) is 21.6. The van der Waals surface area contributed by atoms with Gasteiger partial charge in [0.1, 0.15) is 5.75 Å². The summed E-state index contributed by atoms with van der Waals surface area (Å²) < 4.78 is 9.65. The number of hydrogen-bond donors (Lipinski definition) is 1. The summed E-state index contributed by atoms with van der Waals surface area (Å²) in [6, 6.07) is 8.30. The van der Waals surface area contributed by atoms with Crippen LogP contribution in [0.1, 0.15) is 45.1 Å². The average molecular weight is 401 g/mol. The second kappa shape index (κ2) is 14.1. The zero-order valence-corrected chi connectivity index (χ0v) is 19.0. The summed E-state index contributed by atoms with van der Waals surface area (Å²) in [5.41, 5.74) is 8.41. The molecule has 0 aliphatic heterocycles. The van der Waals surface area contributed by atoms with Gasteiger partial charge in [-0.25, -0.2) is 0 Å². The number of fused-ring (bicyclic) bond motifs is 1. The highest BCUT2D eigenvalue weighted by atomic mass is 16.5. The standard InChI is InChI=1S/C21H28N2O.C2H6O.C2H6/c1-3-15(14-22)19-7-5-4-6-16(19)12-17-10-11-23-21-9-8-18(24-2)13-20(17)21;1-3-2;1-2/h3,8-11,13,15-16,19H,1,4-7,12,14,22H2,2H3;1-2H3;1-2H3. The third-order valence-electron chi connectivity index (χ3n) is 5.61. The molecule has 1 aromatic heterocycles. The van der Waals surface area contributed by atoms with Gasteiger partial charge in [0.25, 0.3) is 0 Å². The summed E-state index contributed by atoms with van der Waals surface area (Å²) in [6.45, 7) is 8.72. The molecule has 0 amide bonds. The van der Waals surface area contributed by atoms with Gasteiger partial charge in [-0.2, -0.15) is 0 Å². The molecule has 0 spiro atoms. The number of hydrogen-bond acceptors (Lipinski definition) is 4. The molecule has 0 saturated heterocycles. The van der Waals surface area contributed by atoms with Crippen molar-refractivity contribution in [3.8, 4) is 5.75 Å². The van der Waals surface area contributed by atoms with E-state index in [-0.39, 0.29) is 0 Å². The summed E-state index contributed by atoms with van der Waals surface area (Å²) >= 11 is 0. The topological polar surface area (TPSA) is 57.4 Å². The van der Waals surface area contributed by atoms with Crippen molar-refractivity contribution in [3.05, 3.63) is 48.7 Å². The smallest absolute Gasteiger partial charge is 0.119 e. The molecule has 1 fully saturated rings.